The van der Waals surface area contributed by atoms with Crippen molar-refractivity contribution in [2.75, 3.05) is 13.2 Å². The van der Waals surface area contributed by atoms with Gasteiger partial charge in [0.05, 0.1) is 19.1 Å². The minimum absolute atomic E-state index is 0.0517. The monoisotopic (exact) mass is 357 g/mol. The molecule has 5 nitrogen and oxygen atoms in total. The van der Waals surface area contributed by atoms with Crippen molar-refractivity contribution in [1.29, 1.82) is 0 Å². The zero-order chi connectivity index (χ0) is 15.8. The molecule has 1 amide bonds. The van der Waals surface area contributed by atoms with E-state index in [2.05, 4.69) is 15.9 Å². The lowest BCUT2D eigenvalue weighted by Gasteiger charge is -2.21. The van der Waals surface area contributed by atoms with Gasteiger partial charge in [-0.3, -0.25) is 9.59 Å². The van der Waals surface area contributed by atoms with E-state index in [4.69, 9.17) is 9.84 Å². The van der Waals surface area contributed by atoms with E-state index < -0.39 is 5.97 Å². The second-order valence-corrected chi connectivity index (χ2v) is 5.86. The Kier molecular flexibility index (Phi) is 7.39. The largest absolute Gasteiger partial charge is 0.480 e. The van der Waals surface area contributed by atoms with Gasteiger partial charge in [-0.25, -0.2) is 0 Å². The third-order valence-electron chi connectivity index (χ3n) is 2.71. The van der Waals surface area contributed by atoms with Crippen LogP contribution in [0.25, 0.3) is 0 Å². The Morgan fingerprint density at radius 2 is 2.10 bits per heavy atom. The third-order valence-corrected chi connectivity index (χ3v) is 3.20. The fourth-order valence-corrected chi connectivity index (χ4v) is 2.24. The summed E-state index contributed by atoms with van der Waals surface area (Å²) in [6.07, 6.45) is 0.232. The SMILES string of the molecule is CC(C)OCCC(=O)N(CC(=O)O)Cc1cccc(Br)c1. The van der Waals surface area contributed by atoms with Crippen molar-refractivity contribution in [2.24, 2.45) is 0 Å². The second kappa shape index (κ2) is 8.79. The number of nitrogens with zero attached hydrogens (tertiary/aromatic N) is 1. The highest BCUT2D eigenvalue weighted by molar-refractivity contribution is 9.10. The van der Waals surface area contributed by atoms with Gasteiger partial charge in [0.1, 0.15) is 6.54 Å². The summed E-state index contributed by atoms with van der Waals surface area (Å²) < 4.78 is 6.23. The van der Waals surface area contributed by atoms with E-state index in [1.165, 1.54) is 4.90 Å². The number of hydrogen-bond donors (Lipinski definition) is 1. The average molecular weight is 358 g/mol. The molecular weight excluding hydrogens is 338 g/mol. The molecule has 116 valence electrons. The molecule has 6 heteroatoms. The Morgan fingerprint density at radius 3 is 2.67 bits per heavy atom. The van der Waals surface area contributed by atoms with Gasteiger partial charge in [-0.15, -0.1) is 0 Å². The molecule has 0 aliphatic carbocycles. The lowest BCUT2D eigenvalue weighted by atomic mass is 10.2. The summed E-state index contributed by atoms with van der Waals surface area (Å²) in [5, 5.41) is 8.94. The summed E-state index contributed by atoms with van der Waals surface area (Å²) >= 11 is 3.36. The number of aliphatic carboxylic acids is 1. The molecule has 0 fully saturated rings. The summed E-state index contributed by atoms with van der Waals surface area (Å²) in [4.78, 5) is 24.4. The number of halogens is 1. The quantitative estimate of drug-likeness (QED) is 0.776. The number of carbonyl (C=O) groups excluding carboxylic acids is 1. The molecule has 0 radical (unpaired) electrons. The number of benzene rings is 1. The van der Waals surface area contributed by atoms with Crippen molar-refractivity contribution < 1.29 is 19.4 Å². The van der Waals surface area contributed by atoms with E-state index >= 15 is 0 Å². The number of hydrogen-bond acceptors (Lipinski definition) is 3. The Morgan fingerprint density at radius 1 is 1.38 bits per heavy atom. The Bertz CT molecular complexity index is 490. The zero-order valence-electron chi connectivity index (χ0n) is 12.2. The summed E-state index contributed by atoms with van der Waals surface area (Å²) in [6.45, 7) is 4.03. The number of amides is 1. The number of carbonyl (C=O) groups is 2. The molecule has 1 aromatic carbocycles. The minimum Gasteiger partial charge on any atom is -0.480 e. The van der Waals surface area contributed by atoms with Crippen LogP contribution in [0.4, 0.5) is 0 Å². The molecule has 0 bridgehead atoms. The maximum atomic E-state index is 12.1. The minimum atomic E-state index is -1.02. The van der Waals surface area contributed by atoms with Gasteiger partial charge in [0.2, 0.25) is 5.91 Å². The van der Waals surface area contributed by atoms with Gasteiger partial charge in [-0.2, -0.15) is 0 Å². The maximum Gasteiger partial charge on any atom is 0.323 e. The normalized spacial score (nSPS) is 10.7. The standard InChI is InChI=1S/C15H20BrNO4/c1-11(2)21-7-6-14(18)17(10-15(19)20)9-12-4-3-5-13(16)8-12/h3-5,8,11H,6-7,9-10H2,1-2H3,(H,19,20). The fraction of sp³-hybridized carbons (Fsp3) is 0.467. The first kappa shape index (κ1) is 17.7. The van der Waals surface area contributed by atoms with Gasteiger partial charge in [-0.1, -0.05) is 28.1 Å². The molecule has 0 spiro atoms. The van der Waals surface area contributed by atoms with Crippen LogP contribution in [0.15, 0.2) is 28.7 Å². The van der Waals surface area contributed by atoms with Gasteiger partial charge in [-0.05, 0) is 31.5 Å². The van der Waals surface area contributed by atoms with E-state index in [0.29, 0.717) is 6.61 Å². The lowest BCUT2D eigenvalue weighted by Crippen LogP contribution is -2.35. The number of carboxylic acids is 1. The van der Waals surface area contributed by atoms with Crippen LogP contribution >= 0.6 is 15.9 Å². The molecule has 1 rings (SSSR count). The average Bonchev–Trinajstić information content (AvgIpc) is 2.37. The van der Waals surface area contributed by atoms with Crippen LogP contribution in [0.1, 0.15) is 25.8 Å². The number of rotatable bonds is 8. The van der Waals surface area contributed by atoms with Crippen molar-refractivity contribution in [3.63, 3.8) is 0 Å². The van der Waals surface area contributed by atoms with E-state index in [1.807, 2.05) is 38.1 Å². The lowest BCUT2D eigenvalue weighted by molar-refractivity contribution is -0.145. The molecule has 0 atom stereocenters. The second-order valence-electron chi connectivity index (χ2n) is 4.94. The molecule has 1 N–H and O–H groups in total. The van der Waals surface area contributed by atoms with E-state index in [0.717, 1.165) is 10.0 Å². The van der Waals surface area contributed by atoms with Crippen molar-refractivity contribution in [3.05, 3.63) is 34.3 Å². The highest BCUT2D eigenvalue weighted by Gasteiger charge is 2.17. The van der Waals surface area contributed by atoms with Gasteiger partial charge in [0, 0.05) is 11.0 Å². The summed E-state index contributed by atoms with van der Waals surface area (Å²) in [7, 11) is 0. The summed E-state index contributed by atoms with van der Waals surface area (Å²) in [6, 6.07) is 7.46. The topological polar surface area (TPSA) is 66.8 Å². The molecule has 21 heavy (non-hydrogen) atoms. The Labute approximate surface area is 133 Å². The van der Waals surface area contributed by atoms with E-state index in [9.17, 15) is 9.59 Å². The number of carboxylic acid groups (broad SMARTS) is 1. The van der Waals surface area contributed by atoms with Crippen molar-refractivity contribution in [1.82, 2.24) is 4.90 Å². The van der Waals surface area contributed by atoms with Crippen LogP contribution < -0.4 is 0 Å². The summed E-state index contributed by atoms with van der Waals surface area (Å²) in [5.41, 5.74) is 0.878. The van der Waals surface area contributed by atoms with Crippen LogP contribution in [-0.4, -0.2) is 41.1 Å². The van der Waals surface area contributed by atoms with E-state index in [1.54, 1.807) is 0 Å². The van der Waals surface area contributed by atoms with Gasteiger partial charge >= 0.3 is 5.97 Å². The number of ether oxygens (including phenoxy) is 1. The molecule has 1 aromatic rings. The van der Waals surface area contributed by atoms with Gasteiger partial charge < -0.3 is 14.7 Å². The molecule has 0 aliphatic heterocycles. The fourth-order valence-electron chi connectivity index (χ4n) is 1.79. The predicted octanol–water partition coefficient (Wildman–Crippen LogP) is 2.68. The molecule has 0 saturated heterocycles. The van der Waals surface area contributed by atoms with Crippen molar-refractivity contribution >= 4 is 27.8 Å². The van der Waals surface area contributed by atoms with Crippen molar-refractivity contribution in [3.8, 4) is 0 Å². The first-order valence-corrected chi connectivity index (χ1v) is 7.53. The van der Waals surface area contributed by atoms with Gasteiger partial charge in [0.25, 0.3) is 0 Å². The Balaban J connectivity index is 2.66. The van der Waals surface area contributed by atoms with Crippen LogP contribution in [0.5, 0.6) is 0 Å². The Hall–Kier alpha value is -1.40. The first-order chi connectivity index (χ1) is 9.88. The van der Waals surface area contributed by atoms with Crippen LogP contribution in [0, 0.1) is 0 Å². The third kappa shape index (κ3) is 7.24. The van der Waals surface area contributed by atoms with Gasteiger partial charge in [0.15, 0.2) is 0 Å². The van der Waals surface area contributed by atoms with Crippen LogP contribution in [-0.2, 0) is 20.9 Å². The smallest absolute Gasteiger partial charge is 0.323 e. The molecule has 0 heterocycles. The maximum absolute atomic E-state index is 12.1. The molecule has 0 aromatic heterocycles. The molecule has 0 saturated carbocycles. The van der Waals surface area contributed by atoms with E-state index in [-0.39, 0.29) is 31.5 Å². The molecule has 0 unspecified atom stereocenters. The van der Waals surface area contributed by atoms with Crippen LogP contribution in [0.3, 0.4) is 0 Å². The van der Waals surface area contributed by atoms with Crippen LogP contribution in [0.2, 0.25) is 0 Å². The summed E-state index contributed by atoms with van der Waals surface area (Å²) in [5.74, 6) is -1.25. The highest BCUT2D eigenvalue weighted by Crippen LogP contribution is 2.14. The zero-order valence-corrected chi connectivity index (χ0v) is 13.8. The molecular formula is C15H20BrNO4. The first-order valence-electron chi connectivity index (χ1n) is 6.74. The molecule has 0 aliphatic rings. The highest BCUT2D eigenvalue weighted by atomic mass is 79.9. The predicted molar refractivity (Wildman–Crippen MR) is 82.9 cm³/mol. The van der Waals surface area contributed by atoms with Crippen molar-refractivity contribution in [2.45, 2.75) is 32.9 Å².